The van der Waals surface area contributed by atoms with E-state index in [2.05, 4.69) is 10.3 Å². The molecule has 10 heteroatoms. The summed E-state index contributed by atoms with van der Waals surface area (Å²) in [7, 11) is -2.18. The number of ether oxygens (including phenoxy) is 1. The van der Waals surface area contributed by atoms with Crippen molar-refractivity contribution in [2.45, 2.75) is 23.9 Å². The largest absolute Gasteiger partial charge is 0.495 e. The first-order chi connectivity index (χ1) is 14.4. The number of rotatable bonds is 9. The SMILES string of the molecule is CCN(CC)S(=O)(=O)c1ccc(OC)c(NC(=O)CSc2ncc3ccccn23)c1. The Morgan fingerprint density at radius 2 is 2.00 bits per heavy atom. The van der Waals surface area contributed by atoms with E-state index in [9.17, 15) is 13.2 Å². The van der Waals surface area contributed by atoms with Gasteiger partial charge in [0.15, 0.2) is 5.16 Å². The number of fused-ring (bicyclic) bond motifs is 1. The molecule has 2 aromatic heterocycles. The Morgan fingerprint density at radius 1 is 1.23 bits per heavy atom. The van der Waals surface area contributed by atoms with Gasteiger partial charge in [0.2, 0.25) is 15.9 Å². The van der Waals surface area contributed by atoms with Crippen LogP contribution in [-0.4, -0.2) is 54.0 Å². The van der Waals surface area contributed by atoms with Crippen LogP contribution in [0.3, 0.4) is 0 Å². The van der Waals surface area contributed by atoms with E-state index in [-0.39, 0.29) is 16.6 Å². The van der Waals surface area contributed by atoms with Gasteiger partial charge in [0, 0.05) is 19.3 Å². The van der Waals surface area contributed by atoms with Crippen molar-refractivity contribution in [3.8, 4) is 5.75 Å². The molecule has 0 atom stereocenters. The molecule has 0 spiro atoms. The number of nitrogens with one attached hydrogen (secondary N) is 1. The van der Waals surface area contributed by atoms with E-state index >= 15 is 0 Å². The molecule has 0 saturated heterocycles. The number of hydrogen-bond acceptors (Lipinski definition) is 6. The van der Waals surface area contributed by atoms with Gasteiger partial charge >= 0.3 is 0 Å². The van der Waals surface area contributed by atoms with Crippen LogP contribution in [0.1, 0.15) is 13.8 Å². The molecule has 8 nitrogen and oxygen atoms in total. The van der Waals surface area contributed by atoms with E-state index in [0.29, 0.717) is 29.7 Å². The number of carbonyl (C=O) groups excluding carboxylic acids is 1. The average molecular weight is 449 g/mol. The van der Waals surface area contributed by atoms with E-state index in [1.165, 1.54) is 35.3 Å². The third kappa shape index (κ3) is 4.61. The van der Waals surface area contributed by atoms with Crippen LogP contribution in [0.25, 0.3) is 5.52 Å². The fourth-order valence-electron chi connectivity index (χ4n) is 3.00. The Balaban J connectivity index is 1.77. The van der Waals surface area contributed by atoms with Crippen LogP contribution in [0.15, 0.2) is 58.8 Å². The van der Waals surface area contributed by atoms with E-state index in [4.69, 9.17) is 4.74 Å². The second-order valence-corrected chi connectivity index (χ2v) is 9.20. The lowest BCUT2D eigenvalue weighted by atomic mass is 10.3. The topological polar surface area (TPSA) is 93.0 Å². The van der Waals surface area contributed by atoms with Crippen LogP contribution in [-0.2, 0) is 14.8 Å². The molecule has 3 rings (SSSR count). The molecule has 2 heterocycles. The molecule has 30 heavy (non-hydrogen) atoms. The minimum atomic E-state index is -3.65. The number of aromatic nitrogens is 2. The van der Waals surface area contributed by atoms with Crippen LogP contribution in [0.2, 0.25) is 0 Å². The second kappa shape index (κ2) is 9.50. The Bertz CT molecular complexity index is 1140. The molecule has 3 aromatic rings. The summed E-state index contributed by atoms with van der Waals surface area (Å²) in [5.74, 6) is 0.214. The molecule has 0 bridgehead atoms. The van der Waals surface area contributed by atoms with Crippen LogP contribution < -0.4 is 10.1 Å². The molecule has 0 saturated carbocycles. The lowest BCUT2D eigenvalue weighted by molar-refractivity contribution is -0.113. The molecular formula is C20H24N4O4S2. The number of sulfonamides is 1. The fourth-order valence-corrected chi connectivity index (χ4v) is 5.25. The van der Waals surface area contributed by atoms with Crippen LogP contribution in [0.4, 0.5) is 5.69 Å². The number of benzene rings is 1. The summed E-state index contributed by atoms with van der Waals surface area (Å²) in [6, 6.07) is 10.2. The monoisotopic (exact) mass is 448 g/mol. The molecule has 0 fully saturated rings. The Hall–Kier alpha value is -2.56. The predicted octanol–water partition coefficient (Wildman–Crippen LogP) is 3.10. The van der Waals surface area contributed by atoms with E-state index in [0.717, 1.165) is 5.52 Å². The van der Waals surface area contributed by atoms with E-state index in [1.807, 2.05) is 28.8 Å². The number of pyridine rings is 1. The molecule has 1 aromatic carbocycles. The molecule has 0 unspecified atom stereocenters. The number of methoxy groups -OCH3 is 1. The zero-order valence-corrected chi connectivity index (χ0v) is 18.7. The molecule has 1 amide bonds. The quantitative estimate of drug-likeness (QED) is 0.506. The van der Waals surface area contributed by atoms with Crippen molar-refractivity contribution < 1.29 is 17.9 Å². The Morgan fingerprint density at radius 3 is 2.70 bits per heavy atom. The maximum Gasteiger partial charge on any atom is 0.243 e. The van der Waals surface area contributed by atoms with Gasteiger partial charge in [-0.1, -0.05) is 31.7 Å². The van der Waals surface area contributed by atoms with E-state index < -0.39 is 10.0 Å². The zero-order valence-electron chi connectivity index (χ0n) is 17.0. The number of amides is 1. The molecule has 160 valence electrons. The Labute approximate surface area is 180 Å². The van der Waals surface area contributed by atoms with Crippen LogP contribution >= 0.6 is 11.8 Å². The highest BCUT2D eigenvalue weighted by Crippen LogP contribution is 2.29. The van der Waals surface area contributed by atoms with Gasteiger partial charge in [0.05, 0.1) is 35.2 Å². The predicted molar refractivity (Wildman–Crippen MR) is 118 cm³/mol. The van der Waals surface area contributed by atoms with Crippen molar-refractivity contribution in [2.24, 2.45) is 0 Å². The highest BCUT2D eigenvalue weighted by molar-refractivity contribution is 7.99. The zero-order chi connectivity index (χ0) is 21.7. The second-order valence-electron chi connectivity index (χ2n) is 6.32. The molecule has 0 aliphatic heterocycles. The van der Waals surface area contributed by atoms with Gasteiger partial charge in [0.1, 0.15) is 5.75 Å². The summed E-state index contributed by atoms with van der Waals surface area (Å²) in [5.41, 5.74) is 1.25. The smallest absolute Gasteiger partial charge is 0.243 e. The van der Waals surface area contributed by atoms with Crippen molar-refractivity contribution in [3.63, 3.8) is 0 Å². The summed E-state index contributed by atoms with van der Waals surface area (Å²) in [4.78, 5) is 17.0. The first kappa shape index (κ1) is 22.1. The number of anilines is 1. The van der Waals surface area contributed by atoms with Gasteiger partial charge in [-0.2, -0.15) is 4.31 Å². The van der Waals surface area contributed by atoms with Crippen molar-refractivity contribution in [1.82, 2.24) is 13.7 Å². The third-order valence-corrected chi connectivity index (χ3v) is 7.54. The average Bonchev–Trinajstić information content (AvgIpc) is 3.16. The number of imidazole rings is 1. The first-order valence-electron chi connectivity index (χ1n) is 9.43. The first-order valence-corrected chi connectivity index (χ1v) is 11.9. The van der Waals surface area contributed by atoms with E-state index in [1.54, 1.807) is 26.1 Å². The van der Waals surface area contributed by atoms with Gasteiger partial charge in [0.25, 0.3) is 0 Å². The molecular weight excluding hydrogens is 424 g/mol. The molecule has 0 aliphatic rings. The van der Waals surface area contributed by atoms with Crippen molar-refractivity contribution >= 4 is 38.9 Å². The number of carbonyl (C=O) groups is 1. The summed E-state index contributed by atoms with van der Waals surface area (Å²) < 4.78 is 34.1. The van der Waals surface area contributed by atoms with Crippen LogP contribution in [0.5, 0.6) is 5.75 Å². The highest BCUT2D eigenvalue weighted by atomic mass is 32.2. The summed E-state index contributed by atoms with van der Waals surface area (Å²) in [5, 5.41) is 3.45. The van der Waals surface area contributed by atoms with Gasteiger partial charge < -0.3 is 10.1 Å². The van der Waals surface area contributed by atoms with Gasteiger partial charge in [-0.3, -0.25) is 9.20 Å². The summed E-state index contributed by atoms with van der Waals surface area (Å²) >= 11 is 1.29. The van der Waals surface area contributed by atoms with Crippen LogP contribution in [0, 0.1) is 0 Å². The Kier molecular flexibility index (Phi) is 7.01. The van der Waals surface area contributed by atoms with Crippen molar-refractivity contribution in [2.75, 3.05) is 31.3 Å². The minimum absolute atomic E-state index is 0.106. The van der Waals surface area contributed by atoms with Gasteiger partial charge in [-0.15, -0.1) is 0 Å². The summed E-state index contributed by atoms with van der Waals surface area (Å²) in [6.07, 6.45) is 3.62. The fraction of sp³-hybridized carbons (Fsp3) is 0.300. The highest BCUT2D eigenvalue weighted by Gasteiger charge is 2.23. The molecule has 1 N–H and O–H groups in total. The maximum atomic E-state index is 12.8. The molecule has 0 aliphatic carbocycles. The lowest BCUT2D eigenvalue weighted by Gasteiger charge is -2.19. The summed E-state index contributed by atoms with van der Waals surface area (Å²) in [6.45, 7) is 4.29. The maximum absolute atomic E-state index is 12.8. The number of nitrogens with zero attached hydrogens (tertiary/aromatic N) is 3. The molecule has 0 radical (unpaired) electrons. The van der Waals surface area contributed by atoms with Crippen molar-refractivity contribution in [1.29, 1.82) is 0 Å². The minimum Gasteiger partial charge on any atom is -0.495 e. The van der Waals surface area contributed by atoms with Gasteiger partial charge in [-0.05, 0) is 30.3 Å². The van der Waals surface area contributed by atoms with Gasteiger partial charge in [-0.25, -0.2) is 13.4 Å². The normalized spacial score (nSPS) is 11.7. The number of hydrogen-bond donors (Lipinski definition) is 1. The number of thioether (sulfide) groups is 1. The van der Waals surface area contributed by atoms with Crippen molar-refractivity contribution in [3.05, 3.63) is 48.8 Å². The lowest BCUT2D eigenvalue weighted by Crippen LogP contribution is -2.30. The standard InChI is InChI=1S/C20H24N4O4S2/c1-4-23(5-2)30(26,27)16-9-10-18(28-3)17(12-16)22-19(25)14-29-20-21-13-15-8-6-7-11-24(15)20/h6-13H,4-5,14H2,1-3H3,(H,22,25). The third-order valence-electron chi connectivity index (χ3n) is 4.53.